The highest BCUT2D eigenvalue weighted by atomic mass is 16.4. The van der Waals surface area contributed by atoms with Gasteiger partial charge in [0.15, 0.2) is 0 Å². The molecule has 0 saturated carbocycles. The van der Waals surface area contributed by atoms with Crippen LogP contribution in [-0.4, -0.2) is 16.4 Å². The van der Waals surface area contributed by atoms with Gasteiger partial charge in [-0.05, 0) is 43.0 Å². The molecular weight excluding hydrogens is 288 g/mol. The summed E-state index contributed by atoms with van der Waals surface area (Å²) in [6.45, 7) is 3.53. The highest BCUT2D eigenvalue weighted by molar-refractivity contribution is 5.85. The number of nitrogens with one attached hydrogen (secondary N) is 1. The Morgan fingerprint density at radius 3 is 3.04 bits per heavy atom. The van der Waals surface area contributed by atoms with E-state index in [9.17, 15) is 4.79 Å². The summed E-state index contributed by atoms with van der Waals surface area (Å²) < 4.78 is 5.28. The van der Waals surface area contributed by atoms with Crippen LogP contribution < -0.4 is 5.63 Å². The van der Waals surface area contributed by atoms with Crippen LogP contribution in [0, 0.1) is 6.92 Å². The van der Waals surface area contributed by atoms with Gasteiger partial charge in [0.2, 0.25) is 0 Å². The van der Waals surface area contributed by atoms with Crippen LogP contribution in [0.25, 0.3) is 10.9 Å². The van der Waals surface area contributed by atoms with Crippen LogP contribution in [0.15, 0.2) is 39.5 Å². The monoisotopic (exact) mass is 306 g/mol. The van der Waals surface area contributed by atoms with Crippen LogP contribution in [0.4, 0.5) is 0 Å². The molecule has 5 rings (SSSR count). The summed E-state index contributed by atoms with van der Waals surface area (Å²) in [5.74, 6) is 0.704. The largest absolute Gasteiger partial charge is 0.428 e. The second kappa shape index (κ2) is 4.59. The number of aryl methyl sites for hydroxylation is 1. The van der Waals surface area contributed by atoms with E-state index in [1.54, 1.807) is 0 Å². The Morgan fingerprint density at radius 2 is 2.13 bits per heavy atom. The lowest BCUT2D eigenvalue weighted by atomic mass is 9.88. The molecule has 0 radical (unpaired) electrons. The van der Waals surface area contributed by atoms with Gasteiger partial charge in [-0.15, -0.1) is 0 Å². The zero-order valence-corrected chi connectivity index (χ0v) is 13.1. The zero-order valence-electron chi connectivity index (χ0n) is 13.1. The third kappa shape index (κ3) is 1.85. The van der Waals surface area contributed by atoms with Crippen LogP contribution in [0.3, 0.4) is 0 Å². The second-order valence-corrected chi connectivity index (χ2v) is 6.65. The number of H-pyrrole nitrogens is 1. The number of benzene rings is 1. The van der Waals surface area contributed by atoms with Crippen LogP contribution >= 0.6 is 0 Å². The van der Waals surface area contributed by atoms with Gasteiger partial charge in [0, 0.05) is 29.7 Å². The normalized spacial score (nSPS) is 20.1. The maximum absolute atomic E-state index is 12.1. The zero-order chi connectivity index (χ0) is 15.6. The van der Waals surface area contributed by atoms with Crippen molar-refractivity contribution in [3.05, 3.63) is 68.9 Å². The van der Waals surface area contributed by atoms with E-state index in [-0.39, 0.29) is 5.63 Å². The number of aromatic amines is 1. The SMILES string of the molecule is Cc1cc2c(c(=O)o1)CN1CCc3c([nH]c4ccccc34)C1C2. The molecule has 1 N–H and O–H groups in total. The Bertz CT molecular complexity index is 983. The van der Waals surface area contributed by atoms with Crippen molar-refractivity contribution in [3.63, 3.8) is 0 Å². The van der Waals surface area contributed by atoms with Crippen LogP contribution in [0.1, 0.15) is 34.2 Å². The topological polar surface area (TPSA) is 49.2 Å². The fourth-order valence-electron chi connectivity index (χ4n) is 4.25. The summed E-state index contributed by atoms with van der Waals surface area (Å²) in [5.41, 5.74) is 5.81. The summed E-state index contributed by atoms with van der Waals surface area (Å²) >= 11 is 0. The summed E-state index contributed by atoms with van der Waals surface area (Å²) in [6.07, 6.45) is 1.91. The maximum Gasteiger partial charge on any atom is 0.340 e. The molecule has 0 saturated heterocycles. The lowest BCUT2D eigenvalue weighted by Crippen LogP contribution is -2.41. The molecule has 1 atom stereocenters. The third-order valence-corrected chi connectivity index (χ3v) is 5.31. The maximum atomic E-state index is 12.1. The van der Waals surface area contributed by atoms with Gasteiger partial charge in [-0.2, -0.15) is 0 Å². The van der Waals surface area contributed by atoms with Gasteiger partial charge in [-0.1, -0.05) is 18.2 Å². The molecule has 2 aliphatic rings. The summed E-state index contributed by atoms with van der Waals surface area (Å²) in [5, 5.41) is 1.34. The molecule has 0 aliphatic carbocycles. The predicted octanol–water partition coefficient (Wildman–Crippen LogP) is 3.09. The fourth-order valence-corrected chi connectivity index (χ4v) is 4.25. The van der Waals surface area contributed by atoms with Gasteiger partial charge in [-0.25, -0.2) is 4.79 Å². The minimum Gasteiger partial charge on any atom is -0.428 e. The standard InChI is InChI=1S/C19H18N2O2/c1-11-8-12-9-17-18-14(13-4-2-3-5-16(13)20-18)6-7-21(17)10-15(12)19(22)23-11/h2-5,8,17,20H,6-7,9-10H2,1H3. The van der Waals surface area contributed by atoms with Crippen molar-refractivity contribution in [1.29, 1.82) is 0 Å². The van der Waals surface area contributed by atoms with Crippen LogP contribution in [0.5, 0.6) is 0 Å². The Morgan fingerprint density at radius 1 is 1.26 bits per heavy atom. The smallest absolute Gasteiger partial charge is 0.340 e. The number of rotatable bonds is 0. The summed E-state index contributed by atoms with van der Waals surface area (Å²) in [6, 6.07) is 10.9. The highest BCUT2D eigenvalue weighted by Gasteiger charge is 2.35. The summed E-state index contributed by atoms with van der Waals surface area (Å²) in [4.78, 5) is 18.2. The van der Waals surface area contributed by atoms with Gasteiger partial charge >= 0.3 is 5.63 Å². The molecule has 1 aromatic carbocycles. The average Bonchev–Trinajstić information content (AvgIpc) is 2.92. The number of nitrogens with zero attached hydrogens (tertiary/aromatic N) is 1. The Hall–Kier alpha value is -2.33. The first-order valence-electron chi connectivity index (χ1n) is 8.17. The molecule has 4 heteroatoms. The number of para-hydroxylation sites is 1. The van der Waals surface area contributed by atoms with Crippen LogP contribution in [-0.2, 0) is 19.4 Å². The van der Waals surface area contributed by atoms with Crippen molar-refractivity contribution in [3.8, 4) is 0 Å². The second-order valence-electron chi connectivity index (χ2n) is 6.65. The molecule has 0 spiro atoms. The molecule has 23 heavy (non-hydrogen) atoms. The van der Waals surface area contributed by atoms with E-state index in [2.05, 4.69) is 34.1 Å². The van der Waals surface area contributed by atoms with Crippen molar-refractivity contribution < 1.29 is 4.42 Å². The van der Waals surface area contributed by atoms with E-state index in [1.165, 1.54) is 22.2 Å². The number of fused-ring (bicyclic) bond motifs is 6. The van der Waals surface area contributed by atoms with Gasteiger partial charge in [0.25, 0.3) is 0 Å². The van der Waals surface area contributed by atoms with E-state index >= 15 is 0 Å². The number of hydrogen-bond donors (Lipinski definition) is 1. The van der Waals surface area contributed by atoms with Gasteiger partial charge in [0.1, 0.15) is 5.76 Å². The van der Waals surface area contributed by atoms with Gasteiger partial charge in [0.05, 0.1) is 11.6 Å². The highest BCUT2D eigenvalue weighted by Crippen LogP contribution is 2.39. The first kappa shape index (κ1) is 13.1. The van der Waals surface area contributed by atoms with E-state index in [0.717, 1.165) is 30.5 Å². The summed E-state index contributed by atoms with van der Waals surface area (Å²) in [7, 11) is 0. The van der Waals surface area contributed by atoms with Crippen molar-refractivity contribution in [2.45, 2.75) is 32.4 Å². The third-order valence-electron chi connectivity index (χ3n) is 5.31. The Kier molecular flexibility index (Phi) is 2.62. The first-order chi connectivity index (χ1) is 11.2. The molecule has 3 aromatic rings. The first-order valence-corrected chi connectivity index (χ1v) is 8.17. The minimum absolute atomic E-state index is 0.166. The molecule has 0 fully saturated rings. The molecule has 4 nitrogen and oxygen atoms in total. The Balaban J connectivity index is 1.67. The van der Waals surface area contributed by atoms with Gasteiger partial charge < -0.3 is 9.40 Å². The Labute approximate surface area is 133 Å². The number of hydrogen-bond acceptors (Lipinski definition) is 3. The molecule has 2 aliphatic heterocycles. The van der Waals surface area contributed by atoms with E-state index in [0.29, 0.717) is 18.3 Å². The molecule has 0 bridgehead atoms. The number of aromatic nitrogens is 1. The van der Waals surface area contributed by atoms with E-state index in [1.807, 2.05) is 13.0 Å². The fraction of sp³-hybridized carbons (Fsp3) is 0.316. The molecule has 0 amide bonds. The molecule has 2 aromatic heterocycles. The minimum atomic E-state index is -0.166. The lowest BCUT2D eigenvalue weighted by molar-refractivity contribution is 0.154. The molecule has 1 unspecified atom stereocenters. The van der Waals surface area contributed by atoms with Crippen molar-refractivity contribution in [1.82, 2.24) is 9.88 Å². The molecule has 116 valence electrons. The molecular formula is C19H18N2O2. The quantitative estimate of drug-likeness (QED) is 0.694. The van der Waals surface area contributed by atoms with Crippen molar-refractivity contribution in [2.24, 2.45) is 0 Å². The van der Waals surface area contributed by atoms with Gasteiger partial charge in [-0.3, -0.25) is 4.90 Å². The predicted molar refractivity (Wildman–Crippen MR) is 88.6 cm³/mol. The van der Waals surface area contributed by atoms with Crippen molar-refractivity contribution >= 4 is 10.9 Å². The van der Waals surface area contributed by atoms with E-state index < -0.39 is 0 Å². The van der Waals surface area contributed by atoms with Crippen molar-refractivity contribution in [2.75, 3.05) is 6.54 Å². The lowest BCUT2D eigenvalue weighted by Gasteiger charge is -2.39. The van der Waals surface area contributed by atoms with Crippen LogP contribution in [0.2, 0.25) is 0 Å². The van der Waals surface area contributed by atoms with E-state index in [4.69, 9.17) is 4.42 Å². The average molecular weight is 306 g/mol. The molecule has 4 heterocycles.